The number of hydrogen-bond acceptors (Lipinski definition) is 5. The van der Waals surface area contributed by atoms with Crippen molar-refractivity contribution in [2.45, 2.75) is 13.0 Å². The van der Waals surface area contributed by atoms with Gasteiger partial charge in [-0.15, -0.1) is 0 Å². The van der Waals surface area contributed by atoms with E-state index in [0.717, 1.165) is 0 Å². The van der Waals surface area contributed by atoms with Gasteiger partial charge in [0.15, 0.2) is 5.82 Å². The Hall–Kier alpha value is -1.37. The minimum absolute atomic E-state index is 0.0531. The summed E-state index contributed by atoms with van der Waals surface area (Å²) < 4.78 is 5.30. The summed E-state index contributed by atoms with van der Waals surface area (Å²) in [5.41, 5.74) is 2.81. The van der Waals surface area contributed by atoms with E-state index in [1.165, 1.54) is 6.20 Å². The highest BCUT2D eigenvalue weighted by atomic mass is 35.5. The van der Waals surface area contributed by atoms with E-state index in [0.29, 0.717) is 36.2 Å². The first-order valence-electron chi connectivity index (χ1n) is 5.64. The van der Waals surface area contributed by atoms with E-state index in [4.69, 9.17) is 22.2 Å². The van der Waals surface area contributed by atoms with Gasteiger partial charge >= 0.3 is 0 Å². The van der Waals surface area contributed by atoms with Gasteiger partial charge in [-0.3, -0.25) is 4.79 Å². The Labute approximate surface area is 110 Å². The van der Waals surface area contributed by atoms with Crippen molar-refractivity contribution in [3.63, 3.8) is 0 Å². The van der Waals surface area contributed by atoms with E-state index in [2.05, 4.69) is 10.4 Å². The fourth-order valence-corrected chi connectivity index (χ4v) is 2.08. The molecule has 2 rings (SSSR count). The molecule has 0 saturated carbocycles. The van der Waals surface area contributed by atoms with E-state index in [1.54, 1.807) is 11.0 Å². The SMILES string of the molecule is CC1COCCN1C(=O)c1cnc(NN)c(Cl)c1. The minimum Gasteiger partial charge on any atom is -0.377 e. The van der Waals surface area contributed by atoms with Crippen LogP contribution in [0.2, 0.25) is 5.02 Å². The van der Waals surface area contributed by atoms with Crippen molar-refractivity contribution >= 4 is 23.3 Å². The van der Waals surface area contributed by atoms with Gasteiger partial charge in [0.1, 0.15) is 0 Å². The molecular weight excluding hydrogens is 256 g/mol. The first-order chi connectivity index (χ1) is 8.63. The van der Waals surface area contributed by atoms with Crippen LogP contribution in [-0.4, -0.2) is 41.6 Å². The molecule has 1 fully saturated rings. The van der Waals surface area contributed by atoms with Crippen LogP contribution < -0.4 is 11.3 Å². The number of carbonyl (C=O) groups is 1. The average Bonchev–Trinajstić information content (AvgIpc) is 2.38. The number of nitrogens with two attached hydrogens (primary N) is 1. The lowest BCUT2D eigenvalue weighted by molar-refractivity contribution is 0.00357. The Morgan fingerprint density at radius 3 is 3.11 bits per heavy atom. The minimum atomic E-state index is -0.0937. The smallest absolute Gasteiger partial charge is 0.255 e. The molecule has 1 aromatic rings. The first-order valence-corrected chi connectivity index (χ1v) is 6.02. The molecule has 18 heavy (non-hydrogen) atoms. The molecule has 0 spiro atoms. The van der Waals surface area contributed by atoms with E-state index in [9.17, 15) is 4.79 Å². The van der Waals surface area contributed by atoms with E-state index in [1.807, 2.05) is 6.92 Å². The number of hydrogen-bond donors (Lipinski definition) is 2. The maximum Gasteiger partial charge on any atom is 0.255 e. The molecule has 1 aliphatic heterocycles. The summed E-state index contributed by atoms with van der Waals surface area (Å²) in [6.07, 6.45) is 1.46. The van der Waals surface area contributed by atoms with Crippen LogP contribution in [0.1, 0.15) is 17.3 Å². The zero-order chi connectivity index (χ0) is 13.1. The molecule has 0 aromatic carbocycles. The third-order valence-electron chi connectivity index (χ3n) is 2.85. The summed E-state index contributed by atoms with van der Waals surface area (Å²) in [7, 11) is 0. The quantitative estimate of drug-likeness (QED) is 0.616. The maximum atomic E-state index is 12.3. The van der Waals surface area contributed by atoms with Gasteiger partial charge < -0.3 is 15.1 Å². The third kappa shape index (κ3) is 2.55. The molecule has 2 heterocycles. The molecule has 1 aliphatic rings. The van der Waals surface area contributed by atoms with Crippen LogP contribution in [0.25, 0.3) is 0 Å². The molecule has 7 heteroatoms. The molecule has 0 aliphatic carbocycles. The van der Waals surface area contributed by atoms with Crippen molar-refractivity contribution in [2.75, 3.05) is 25.2 Å². The zero-order valence-corrected chi connectivity index (χ0v) is 10.8. The summed E-state index contributed by atoms with van der Waals surface area (Å²) in [5, 5.41) is 0.323. The second-order valence-electron chi connectivity index (χ2n) is 4.12. The van der Waals surface area contributed by atoms with Gasteiger partial charge in [-0.05, 0) is 13.0 Å². The summed E-state index contributed by atoms with van der Waals surface area (Å²) >= 11 is 5.95. The lowest BCUT2D eigenvalue weighted by atomic mass is 10.2. The van der Waals surface area contributed by atoms with Crippen LogP contribution >= 0.6 is 11.6 Å². The van der Waals surface area contributed by atoms with E-state index < -0.39 is 0 Å². The highest BCUT2D eigenvalue weighted by Gasteiger charge is 2.25. The lowest BCUT2D eigenvalue weighted by Gasteiger charge is -2.33. The van der Waals surface area contributed by atoms with Crippen LogP contribution in [0.3, 0.4) is 0 Å². The molecule has 1 atom stereocenters. The number of hydrazine groups is 1. The van der Waals surface area contributed by atoms with Gasteiger partial charge in [0.2, 0.25) is 0 Å². The second kappa shape index (κ2) is 5.51. The number of ether oxygens (including phenoxy) is 1. The number of morpholine rings is 1. The first kappa shape index (κ1) is 13.1. The number of amides is 1. The topological polar surface area (TPSA) is 80.5 Å². The van der Waals surface area contributed by atoms with Crippen molar-refractivity contribution in [1.82, 2.24) is 9.88 Å². The molecule has 3 N–H and O–H groups in total. The van der Waals surface area contributed by atoms with Gasteiger partial charge in [-0.25, -0.2) is 10.8 Å². The fraction of sp³-hybridized carbons (Fsp3) is 0.455. The van der Waals surface area contributed by atoms with Crippen LogP contribution in [0.4, 0.5) is 5.82 Å². The Kier molecular flexibility index (Phi) is 4.00. The van der Waals surface area contributed by atoms with Crippen molar-refractivity contribution < 1.29 is 9.53 Å². The molecule has 1 amide bonds. The Balaban J connectivity index is 2.20. The van der Waals surface area contributed by atoms with Crippen LogP contribution in [0.5, 0.6) is 0 Å². The summed E-state index contributed by atoms with van der Waals surface area (Å²) in [5.74, 6) is 5.49. The number of halogens is 1. The Bertz CT molecular complexity index is 455. The number of rotatable bonds is 2. The van der Waals surface area contributed by atoms with Crippen molar-refractivity contribution in [3.8, 4) is 0 Å². The second-order valence-corrected chi connectivity index (χ2v) is 4.53. The van der Waals surface area contributed by atoms with Crippen molar-refractivity contribution in [1.29, 1.82) is 0 Å². The molecule has 6 nitrogen and oxygen atoms in total. The zero-order valence-electron chi connectivity index (χ0n) is 10.0. The van der Waals surface area contributed by atoms with Gasteiger partial charge in [-0.2, -0.15) is 0 Å². The van der Waals surface area contributed by atoms with Crippen LogP contribution in [-0.2, 0) is 4.74 Å². The normalized spacial score (nSPS) is 19.7. The predicted molar refractivity (Wildman–Crippen MR) is 68.4 cm³/mol. The predicted octanol–water partition coefficient (Wildman–Crippen LogP) is 0.882. The van der Waals surface area contributed by atoms with Crippen molar-refractivity contribution in [2.24, 2.45) is 5.84 Å². The molecule has 0 radical (unpaired) electrons. The van der Waals surface area contributed by atoms with Gasteiger partial charge in [-0.1, -0.05) is 11.6 Å². The maximum absolute atomic E-state index is 12.3. The molecular formula is C11H15ClN4O2. The monoisotopic (exact) mass is 270 g/mol. The lowest BCUT2D eigenvalue weighted by Crippen LogP contribution is -2.47. The Morgan fingerprint density at radius 1 is 1.72 bits per heavy atom. The third-order valence-corrected chi connectivity index (χ3v) is 3.14. The molecule has 1 unspecified atom stereocenters. The van der Waals surface area contributed by atoms with Gasteiger partial charge in [0, 0.05) is 12.7 Å². The number of carbonyl (C=O) groups excluding carboxylic acids is 1. The molecule has 1 aromatic heterocycles. The Morgan fingerprint density at radius 2 is 2.50 bits per heavy atom. The molecule has 98 valence electrons. The number of nitrogen functional groups attached to an aromatic ring is 1. The number of anilines is 1. The fourth-order valence-electron chi connectivity index (χ4n) is 1.86. The van der Waals surface area contributed by atoms with Crippen LogP contribution in [0.15, 0.2) is 12.3 Å². The number of pyridine rings is 1. The number of nitrogens with zero attached hydrogens (tertiary/aromatic N) is 2. The number of nitrogens with one attached hydrogen (secondary N) is 1. The molecule has 1 saturated heterocycles. The van der Waals surface area contributed by atoms with Gasteiger partial charge in [0.05, 0.1) is 29.8 Å². The van der Waals surface area contributed by atoms with Crippen molar-refractivity contribution in [3.05, 3.63) is 22.8 Å². The summed E-state index contributed by atoms with van der Waals surface area (Å²) in [6.45, 7) is 3.63. The highest BCUT2D eigenvalue weighted by Crippen LogP contribution is 2.21. The van der Waals surface area contributed by atoms with E-state index >= 15 is 0 Å². The highest BCUT2D eigenvalue weighted by molar-refractivity contribution is 6.33. The number of aromatic nitrogens is 1. The van der Waals surface area contributed by atoms with Gasteiger partial charge in [0.25, 0.3) is 5.91 Å². The summed E-state index contributed by atoms with van der Waals surface area (Å²) in [6, 6.07) is 1.62. The largest absolute Gasteiger partial charge is 0.377 e. The standard InChI is InChI=1S/C11H15ClN4O2/c1-7-6-18-3-2-16(7)11(17)8-4-9(12)10(15-13)14-5-8/h4-5,7H,2-3,6,13H2,1H3,(H,14,15). The molecule has 0 bridgehead atoms. The van der Waals surface area contributed by atoms with E-state index in [-0.39, 0.29) is 11.9 Å². The summed E-state index contributed by atoms with van der Waals surface area (Å²) in [4.78, 5) is 18.0. The average molecular weight is 271 g/mol. The van der Waals surface area contributed by atoms with Crippen LogP contribution in [0, 0.1) is 0 Å².